The lowest BCUT2D eigenvalue weighted by Gasteiger charge is -2.18. The molecule has 148 valence electrons. The minimum atomic E-state index is -0.692. The Balaban J connectivity index is 2.29. The zero-order valence-corrected chi connectivity index (χ0v) is 16.1. The zero-order chi connectivity index (χ0) is 20.7. The van der Waals surface area contributed by atoms with Gasteiger partial charge in [0, 0.05) is 16.7 Å². The van der Waals surface area contributed by atoms with Gasteiger partial charge in [-0.15, -0.1) is 0 Å². The van der Waals surface area contributed by atoms with Crippen LogP contribution in [0.15, 0.2) is 42.5 Å². The fourth-order valence-electron chi connectivity index (χ4n) is 2.52. The molecule has 0 saturated carbocycles. The molecule has 0 fully saturated rings. The molecule has 0 aliphatic rings. The Hall–Kier alpha value is -3.13. The van der Waals surface area contributed by atoms with Crippen LogP contribution >= 0.6 is 11.6 Å². The highest BCUT2D eigenvalue weighted by Gasteiger charge is 2.23. The highest BCUT2D eigenvalue weighted by atomic mass is 35.5. The largest absolute Gasteiger partial charge is 0.487 e. The van der Waals surface area contributed by atoms with E-state index < -0.39 is 22.8 Å². The van der Waals surface area contributed by atoms with Gasteiger partial charge < -0.3 is 14.8 Å². The fourth-order valence-corrected chi connectivity index (χ4v) is 2.64. The van der Waals surface area contributed by atoms with E-state index in [4.69, 9.17) is 16.3 Å². The number of carbonyl (C=O) groups is 2. The molecule has 0 aromatic heterocycles. The van der Waals surface area contributed by atoms with Gasteiger partial charge >= 0.3 is 11.7 Å². The van der Waals surface area contributed by atoms with Gasteiger partial charge in [-0.2, -0.15) is 0 Å². The van der Waals surface area contributed by atoms with Crippen molar-refractivity contribution in [3.05, 3.63) is 68.7 Å². The molecule has 0 aliphatic heterocycles. The van der Waals surface area contributed by atoms with Crippen molar-refractivity contribution in [1.82, 2.24) is 5.32 Å². The van der Waals surface area contributed by atoms with E-state index in [1.807, 2.05) is 0 Å². The topological polar surface area (TPSA) is 108 Å². The molecule has 28 heavy (non-hydrogen) atoms. The van der Waals surface area contributed by atoms with Crippen LogP contribution in [-0.2, 0) is 9.53 Å². The molecule has 0 spiro atoms. The van der Waals surface area contributed by atoms with E-state index in [0.29, 0.717) is 10.6 Å². The maximum atomic E-state index is 12.7. The van der Waals surface area contributed by atoms with Gasteiger partial charge in [0.05, 0.1) is 31.1 Å². The number of hydrogen-bond donors (Lipinski definition) is 1. The van der Waals surface area contributed by atoms with Crippen molar-refractivity contribution in [2.45, 2.75) is 19.4 Å². The molecule has 1 unspecified atom stereocenters. The maximum Gasteiger partial charge on any atom is 0.311 e. The van der Waals surface area contributed by atoms with Gasteiger partial charge in [0.2, 0.25) is 0 Å². The number of hydrogen-bond acceptors (Lipinski definition) is 6. The number of halogens is 1. The predicted octanol–water partition coefficient (Wildman–Crippen LogP) is 3.68. The molecule has 2 rings (SSSR count). The smallest absolute Gasteiger partial charge is 0.311 e. The average molecular weight is 407 g/mol. The number of rotatable bonds is 8. The molecule has 0 bridgehead atoms. The minimum Gasteiger partial charge on any atom is -0.487 e. The summed E-state index contributed by atoms with van der Waals surface area (Å²) in [5, 5.41) is 14.5. The predicted molar refractivity (Wildman–Crippen MR) is 103 cm³/mol. The number of esters is 1. The van der Waals surface area contributed by atoms with E-state index in [1.165, 1.54) is 19.2 Å². The third-order valence-electron chi connectivity index (χ3n) is 3.89. The molecule has 0 aliphatic carbocycles. The van der Waals surface area contributed by atoms with Crippen LogP contribution in [0.4, 0.5) is 5.69 Å². The lowest BCUT2D eigenvalue weighted by Crippen LogP contribution is -2.30. The number of benzene rings is 2. The van der Waals surface area contributed by atoms with Crippen LogP contribution in [-0.4, -0.2) is 30.5 Å². The van der Waals surface area contributed by atoms with Crippen molar-refractivity contribution in [3.63, 3.8) is 0 Å². The van der Waals surface area contributed by atoms with Gasteiger partial charge in [0.25, 0.3) is 5.91 Å². The summed E-state index contributed by atoms with van der Waals surface area (Å²) in [6.07, 6.45) is -0.108. The Labute approximate surface area is 166 Å². The molecule has 1 N–H and O–H groups in total. The average Bonchev–Trinajstić information content (AvgIpc) is 2.68. The second-order valence-electron chi connectivity index (χ2n) is 5.73. The number of carbonyl (C=O) groups excluding carboxylic acids is 2. The Morgan fingerprint density at radius 2 is 1.89 bits per heavy atom. The quantitative estimate of drug-likeness (QED) is 0.407. The number of nitrogens with one attached hydrogen (secondary N) is 1. The highest BCUT2D eigenvalue weighted by molar-refractivity contribution is 6.30. The number of methoxy groups -OCH3 is 1. The number of nitro benzene ring substituents is 1. The zero-order valence-electron chi connectivity index (χ0n) is 15.3. The van der Waals surface area contributed by atoms with Crippen LogP contribution in [0.5, 0.6) is 5.75 Å². The number of ether oxygens (including phenoxy) is 2. The lowest BCUT2D eigenvalue weighted by atomic mass is 10.0. The standard InChI is InChI=1S/C19H19ClN2O6/c1-3-28-17-9-6-13(10-16(17)22(25)26)19(24)21-15(11-18(23)27-2)12-4-7-14(20)8-5-12/h4-10,15H,3,11H2,1-2H3,(H,21,24). The van der Waals surface area contributed by atoms with Gasteiger partial charge in [-0.05, 0) is 36.8 Å². The molecule has 8 nitrogen and oxygen atoms in total. The van der Waals surface area contributed by atoms with Gasteiger partial charge in [0.15, 0.2) is 5.75 Å². The summed E-state index contributed by atoms with van der Waals surface area (Å²) in [5.41, 5.74) is 0.396. The molecule has 1 amide bonds. The molecule has 0 radical (unpaired) electrons. The molecule has 0 saturated heterocycles. The molecule has 1 atom stereocenters. The number of nitrogens with zero attached hydrogens (tertiary/aromatic N) is 1. The summed E-state index contributed by atoms with van der Waals surface area (Å²) in [7, 11) is 1.25. The van der Waals surface area contributed by atoms with Crippen molar-refractivity contribution in [1.29, 1.82) is 0 Å². The first-order valence-corrected chi connectivity index (χ1v) is 8.77. The van der Waals surface area contributed by atoms with Crippen molar-refractivity contribution in [3.8, 4) is 5.75 Å². The van der Waals surface area contributed by atoms with Gasteiger partial charge in [0.1, 0.15) is 0 Å². The first-order chi connectivity index (χ1) is 13.3. The lowest BCUT2D eigenvalue weighted by molar-refractivity contribution is -0.385. The third-order valence-corrected chi connectivity index (χ3v) is 4.15. The molecule has 2 aromatic carbocycles. The number of amides is 1. The summed E-state index contributed by atoms with van der Waals surface area (Å²) in [4.78, 5) is 35.0. The maximum absolute atomic E-state index is 12.7. The van der Waals surface area contributed by atoms with Crippen LogP contribution < -0.4 is 10.1 Å². The molecule has 2 aromatic rings. The molecule has 0 heterocycles. The third kappa shape index (κ3) is 5.43. The van der Waals surface area contributed by atoms with Gasteiger partial charge in [-0.25, -0.2) is 0 Å². The summed E-state index contributed by atoms with van der Waals surface area (Å²) >= 11 is 5.88. The second-order valence-corrected chi connectivity index (χ2v) is 6.17. The van der Waals surface area contributed by atoms with Crippen molar-refractivity contribution >= 4 is 29.2 Å². The first kappa shape index (κ1) is 21.2. The summed E-state index contributed by atoms with van der Waals surface area (Å²) < 4.78 is 9.90. The molecule has 9 heteroatoms. The van der Waals surface area contributed by atoms with Crippen LogP contribution in [0.2, 0.25) is 5.02 Å². The molecular weight excluding hydrogens is 388 g/mol. The summed E-state index contributed by atoms with van der Waals surface area (Å²) in [6, 6.07) is 9.86. The SMILES string of the molecule is CCOc1ccc(C(=O)NC(CC(=O)OC)c2ccc(Cl)cc2)cc1[N+](=O)[O-]. The van der Waals surface area contributed by atoms with Crippen molar-refractivity contribution < 1.29 is 24.0 Å². The Morgan fingerprint density at radius 1 is 1.21 bits per heavy atom. The normalized spacial score (nSPS) is 11.4. The van der Waals surface area contributed by atoms with Crippen LogP contribution in [0.3, 0.4) is 0 Å². The van der Waals surface area contributed by atoms with Crippen molar-refractivity contribution in [2.24, 2.45) is 0 Å². The van der Waals surface area contributed by atoms with Crippen molar-refractivity contribution in [2.75, 3.05) is 13.7 Å². The second kappa shape index (κ2) is 9.70. The Morgan fingerprint density at radius 3 is 2.46 bits per heavy atom. The van der Waals surface area contributed by atoms with Crippen LogP contribution in [0.1, 0.15) is 35.3 Å². The Kier molecular flexibility index (Phi) is 7.34. The number of nitro groups is 1. The van der Waals surface area contributed by atoms with Gasteiger partial charge in [-0.3, -0.25) is 19.7 Å². The van der Waals surface area contributed by atoms with Crippen LogP contribution in [0.25, 0.3) is 0 Å². The highest BCUT2D eigenvalue weighted by Crippen LogP contribution is 2.28. The Bertz CT molecular complexity index is 869. The molecular formula is C19H19ClN2O6. The monoisotopic (exact) mass is 406 g/mol. The van der Waals surface area contributed by atoms with E-state index in [-0.39, 0.29) is 30.0 Å². The first-order valence-electron chi connectivity index (χ1n) is 8.40. The van der Waals surface area contributed by atoms with E-state index in [1.54, 1.807) is 31.2 Å². The van der Waals surface area contributed by atoms with E-state index in [9.17, 15) is 19.7 Å². The minimum absolute atomic E-state index is 0.0685. The van der Waals surface area contributed by atoms with E-state index in [2.05, 4.69) is 10.1 Å². The van der Waals surface area contributed by atoms with Crippen LogP contribution in [0, 0.1) is 10.1 Å². The fraction of sp³-hybridized carbons (Fsp3) is 0.263. The van der Waals surface area contributed by atoms with E-state index >= 15 is 0 Å². The van der Waals surface area contributed by atoms with Gasteiger partial charge in [-0.1, -0.05) is 23.7 Å². The summed E-state index contributed by atoms with van der Waals surface area (Å²) in [5.74, 6) is -1.01. The van der Waals surface area contributed by atoms with E-state index in [0.717, 1.165) is 6.07 Å². The summed E-state index contributed by atoms with van der Waals surface area (Å²) in [6.45, 7) is 1.96.